The molecule has 5 heteroatoms. The fourth-order valence-corrected chi connectivity index (χ4v) is 4.34. The van der Waals surface area contributed by atoms with Crippen LogP contribution >= 0.6 is 0 Å². The Hall–Kier alpha value is -2.01. The number of benzene rings is 1. The standard InChI is InChI=1S/C21H25FN4/c22-18-4-2-1-3-16(18)15-9-12-26(13-15)21-17-7-10-23-11-8-19(17)24-20(25-21)14-5-6-14/h1-4,14-15,23H,5-13H2. The topological polar surface area (TPSA) is 41.1 Å². The van der Waals surface area contributed by atoms with Gasteiger partial charge in [0.05, 0.1) is 5.69 Å². The van der Waals surface area contributed by atoms with Gasteiger partial charge in [-0.3, -0.25) is 0 Å². The second kappa shape index (κ2) is 6.62. The van der Waals surface area contributed by atoms with E-state index in [9.17, 15) is 4.39 Å². The molecule has 2 fully saturated rings. The van der Waals surface area contributed by atoms with Gasteiger partial charge in [0, 0.05) is 43.5 Å². The first-order valence-corrected chi connectivity index (χ1v) is 9.89. The van der Waals surface area contributed by atoms with Gasteiger partial charge >= 0.3 is 0 Å². The summed E-state index contributed by atoms with van der Waals surface area (Å²) >= 11 is 0. The summed E-state index contributed by atoms with van der Waals surface area (Å²) in [6.45, 7) is 3.77. The normalized spacial score (nSPS) is 23.0. The highest BCUT2D eigenvalue weighted by molar-refractivity contribution is 5.52. The molecule has 0 spiro atoms. The fraction of sp³-hybridized carbons (Fsp3) is 0.524. The number of rotatable bonds is 3. The summed E-state index contributed by atoms with van der Waals surface area (Å²) in [6, 6.07) is 7.22. The minimum absolute atomic E-state index is 0.0799. The Balaban J connectivity index is 1.48. The zero-order valence-corrected chi connectivity index (χ0v) is 15.0. The Kier molecular flexibility index (Phi) is 4.12. The summed E-state index contributed by atoms with van der Waals surface area (Å²) in [5.41, 5.74) is 3.39. The maximum atomic E-state index is 14.2. The molecule has 3 aliphatic rings. The quantitative estimate of drug-likeness (QED) is 0.921. The monoisotopic (exact) mass is 352 g/mol. The molecule has 1 saturated carbocycles. The molecule has 5 rings (SSSR count). The van der Waals surface area contributed by atoms with E-state index in [-0.39, 0.29) is 11.7 Å². The van der Waals surface area contributed by atoms with Crippen LogP contribution in [0.5, 0.6) is 0 Å². The van der Waals surface area contributed by atoms with Gasteiger partial charge in [0.25, 0.3) is 0 Å². The van der Waals surface area contributed by atoms with Crippen molar-refractivity contribution in [1.29, 1.82) is 0 Å². The zero-order chi connectivity index (χ0) is 17.5. The van der Waals surface area contributed by atoms with Crippen molar-refractivity contribution in [2.75, 3.05) is 31.1 Å². The van der Waals surface area contributed by atoms with Crippen LogP contribution in [0.1, 0.15) is 53.7 Å². The number of hydrogen-bond donors (Lipinski definition) is 1. The number of nitrogens with zero attached hydrogens (tertiary/aromatic N) is 3. The van der Waals surface area contributed by atoms with Crippen LogP contribution in [-0.4, -0.2) is 36.1 Å². The molecule has 1 aromatic carbocycles. The first-order chi connectivity index (χ1) is 12.8. The third-order valence-corrected chi connectivity index (χ3v) is 5.95. The molecule has 2 aliphatic heterocycles. The SMILES string of the molecule is Fc1ccccc1C1CCN(c2nc(C3CC3)nc3c2CCNCC3)C1. The lowest BCUT2D eigenvalue weighted by atomic mass is 9.98. The van der Waals surface area contributed by atoms with Crippen LogP contribution in [0, 0.1) is 5.82 Å². The number of anilines is 1. The number of hydrogen-bond acceptors (Lipinski definition) is 4. The van der Waals surface area contributed by atoms with Gasteiger partial charge in [0.1, 0.15) is 17.5 Å². The minimum Gasteiger partial charge on any atom is -0.356 e. The Morgan fingerprint density at radius 1 is 1.00 bits per heavy atom. The second-order valence-electron chi connectivity index (χ2n) is 7.81. The summed E-state index contributed by atoms with van der Waals surface area (Å²) < 4.78 is 14.2. The van der Waals surface area contributed by atoms with Crippen LogP contribution in [0.3, 0.4) is 0 Å². The third-order valence-electron chi connectivity index (χ3n) is 5.95. The molecule has 4 nitrogen and oxygen atoms in total. The first-order valence-electron chi connectivity index (χ1n) is 9.89. The van der Waals surface area contributed by atoms with E-state index >= 15 is 0 Å². The van der Waals surface area contributed by atoms with E-state index in [4.69, 9.17) is 9.97 Å². The average Bonchev–Trinajstić information content (AvgIpc) is 3.43. The van der Waals surface area contributed by atoms with Gasteiger partial charge in [0.15, 0.2) is 0 Å². The number of nitrogens with one attached hydrogen (secondary N) is 1. The van der Waals surface area contributed by atoms with Crippen LogP contribution < -0.4 is 10.2 Å². The van der Waals surface area contributed by atoms with E-state index in [0.717, 1.165) is 62.6 Å². The van der Waals surface area contributed by atoms with E-state index in [2.05, 4.69) is 10.2 Å². The predicted octanol–water partition coefficient (Wildman–Crippen LogP) is 3.18. The molecule has 0 amide bonds. The van der Waals surface area contributed by atoms with Crippen LogP contribution in [0.2, 0.25) is 0 Å². The summed E-state index contributed by atoms with van der Waals surface area (Å²) in [4.78, 5) is 12.3. The molecule has 1 saturated heterocycles. The number of fused-ring (bicyclic) bond motifs is 1. The number of halogens is 1. The van der Waals surface area contributed by atoms with Gasteiger partial charge in [-0.15, -0.1) is 0 Å². The van der Waals surface area contributed by atoms with E-state index in [1.807, 2.05) is 12.1 Å². The molecular formula is C21H25FN4. The van der Waals surface area contributed by atoms with Gasteiger partial charge in [-0.1, -0.05) is 18.2 Å². The van der Waals surface area contributed by atoms with Gasteiger partial charge in [-0.2, -0.15) is 0 Å². The molecule has 1 aliphatic carbocycles. The van der Waals surface area contributed by atoms with E-state index in [1.165, 1.54) is 24.1 Å². The molecule has 26 heavy (non-hydrogen) atoms. The van der Waals surface area contributed by atoms with Crippen molar-refractivity contribution in [2.45, 2.75) is 43.9 Å². The Bertz CT molecular complexity index is 818. The zero-order valence-electron chi connectivity index (χ0n) is 15.0. The van der Waals surface area contributed by atoms with Crippen LogP contribution in [0.4, 0.5) is 10.2 Å². The first kappa shape index (κ1) is 16.2. The van der Waals surface area contributed by atoms with Crippen LogP contribution in [-0.2, 0) is 12.8 Å². The molecule has 2 aromatic rings. The molecular weight excluding hydrogens is 327 g/mol. The fourth-order valence-electron chi connectivity index (χ4n) is 4.34. The maximum Gasteiger partial charge on any atom is 0.135 e. The maximum absolute atomic E-state index is 14.2. The van der Waals surface area contributed by atoms with Crippen molar-refractivity contribution in [3.63, 3.8) is 0 Å². The molecule has 1 unspecified atom stereocenters. The molecule has 1 aromatic heterocycles. The largest absolute Gasteiger partial charge is 0.356 e. The molecule has 0 radical (unpaired) electrons. The summed E-state index contributed by atoms with van der Waals surface area (Å²) in [7, 11) is 0. The summed E-state index contributed by atoms with van der Waals surface area (Å²) in [5.74, 6) is 2.88. The third kappa shape index (κ3) is 2.98. The highest BCUT2D eigenvalue weighted by atomic mass is 19.1. The van der Waals surface area contributed by atoms with Crippen molar-refractivity contribution in [3.8, 4) is 0 Å². The molecule has 3 heterocycles. The molecule has 1 N–H and O–H groups in total. The van der Waals surface area contributed by atoms with Crippen molar-refractivity contribution in [1.82, 2.24) is 15.3 Å². The van der Waals surface area contributed by atoms with Gasteiger partial charge in [-0.25, -0.2) is 14.4 Å². The van der Waals surface area contributed by atoms with Gasteiger partial charge in [0.2, 0.25) is 0 Å². The summed E-state index contributed by atoms with van der Waals surface area (Å²) in [6.07, 6.45) is 5.38. The number of aromatic nitrogens is 2. The summed E-state index contributed by atoms with van der Waals surface area (Å²) in [5, 5.41) is 3.48. The minimum atomic E-state index is -0.0799. The lowest BCUT2D eigenvalue weighted by Gasteiger charge is -2.23. The van der Waals surface area contributed by atoms with E-state index in [0.29, 0.717) is 5.92 Å². The van der Waals surface area contributed by atoms with E-state index in [1.54, 1.807) is 12.1 Å². The van der Waals surface area contributed by atoms with Crippen molar-refractivity contribution < 1.29 is 4.39 Å². The van der Waals surface area contributed by atoms with Gasteiger partial charge < -0.3 is 10.2 Å². The molecule has 136 valence electrons. The average molecular weight is 352 g/mol. The highest BCUT2D eigenvalue weighted by Gasteiger charge is 2.33. The second-order valence-corrected chi connectivity index (χ2v) is 7.81. The molecule has 1 atom stereocenters. The lowest BCUT2D eigenvalue weighted by Crippen LogP contribution is -2.24. The smallest absolute Gasteiger partial charge is 0.135 e. The Morgan fingerprint density at radius 3 is 2.69 bits per heavy atom. The van der Waals surface area contributed by atoms with E-state index < -0.39 is 0 Å². The highest BCUT2D eigenvalue weighted by Crippen LogP contribution is 2.40. The lowest BCUT2D eigenvalue weighted by molar-refractivity contribution is 0.589. The van der Waals surface area contributed by atoms with Crippen LogP contribution in [0.25, 0.3) is 0 Å². The predicted molar refractivity (Wildman–Crippen MR) is 100 cm³/mol. The van der Waals surface area contributed by atoms with Crippen molar-refractivity contribution in [3.05, 3.63) is 52.7 Å². The van der Waals surface area contributed by atoms with Crippen molar-refractivity contribution in [2.24, 2.45) is 0 Å². The molecule has 0 bridgehead atoms. The van der Waals surface area contributed by atoms with Crippen molar-refractivity contribution >= 4 is 5.82 Å². The van der Waals surface area contributed by atoms with Crippen LogP contribution in [0.15, 0.2) is 24.3 Å². The Labute approximate surface area is 153 Å². The Morgan fingerprint density at radius 2 is 1.85 bits per heavy atom. The van der Waals surface area contributed by atoms with Gasteiger partial charge in [-0.05, 0) is 43.9 Å².